The Hall–Kier alpha value is -0.980. The molecule has 0 atom stereocenters. The van der Waals surface area contributed by atoms with Crippen molar-refractivity contribution in [2.75, 3.05) is 0 Å². The molecule has 0 saturated heterocycles. The van der Waals surface area contributed by atoms with Crippen molar-refractivity contribution < 1.29 is 9.90 Å². The van der Waals surface area contributed by atoms with Gasteiger partial charge in [-0.1, -0.05) is 22.0 Å². The number of hydrogen-bond donors (Lipinski definition) is 1. The molecule has 0 aliphatic rings. The summed E-state index contributed by atoms with van der Waals surface area (Å²) in [5, 5.41) is 9.12. The molecule has 0 fully saturated rings. The summed E-state index contributed by atoms with van der Waals surface area (Å²) in [5.74, 6) is -0.948. The van der Waals surface area contributed by atoms with Crippen LogP contribution in [0.5, 0.6) is 0 Å². The topological polar surface area (TPSA) is 49.7 Å². The van der Waals surface area contributed by atoms with Crippen molar-refractivity contribution in [2.45, 2.75) is 6.92 Å². The number of carboxylic acids is 1. The highest BCUT2D eigenvalue weighted by atomic mass is 79.9. The number of carbonyl (C=O) groups is 1. The van der Waals surface area contributed by atoms with Crippen molar-refractivity contribution in [1.29, 1.82) is 0 Å². The summed E-state index contributed by atoms with van der Waals surface area (Å²) >= 11 is 10.4. The third kappa shape index (κ3) is 3.81. The van der Waals surface area contributed by atoms with Gasteiger partial charge < -0.3 is 5.11 Å². The summed E-state index contributed by atoms with van der Waals surface area (Å²) in [5.41, 5.74) is 2.43. The molecule has 3 nitrogen and oxygen atoms in total. The van der Waals surface area contributed by atoms with E-state index in [9.17, 15) is 4.79 Å². The normalized spacial score (nSPS) is 11.0. The zero-order chi connectivity index (χ0) is 15.6. The molecule has 2 aromatic rings. The van der Waals surface area contributed by atoms with E-state index in [0.29, 0.717) is 11.3 Å². The number of aliphatic imine (C=N–C) groups is 1. The molecule has 2 aromatic carbocycles. The van der Waals surface area contributed by atoms with E-state index in [4.69, 9.17) is 5.11 Å². The Labute approximate surface area is 147 Å². The quantitative estimate of drug-likeness (QED) is 0.455. The Morgan fingerprint density at radius 2 is 1.95 bits per heavy atom. The number of hydrogen-bond acceptors (Lipinski definition) is 2. The van der Waals surface area contributed by atoms with E-state index in [1.807, 2.05) is 12.1 Å². The summed E-state index contributed by atoms with van der Waals surface area (Å²) in [4.78, 5) is 15.5. The zero-order valence-corrected chi connectivity index (χ0v) is 15.7. The van der Waals surface area contributed by atoms with E-state index in [2.05, 4.69) is 52.8 Å². The van der Waals surface area contributed by atoms with Gasteiger partial charge in [-0.05, 0) is 68.6 Å². The van der Waals surface area contributed by atoms with E-state index < -0.39 is 5.97 Å². The summed E-state index contributed by atoms with van der Waals surface area (Å²) in [7, 11) is 0. The van der Waals surface area contributed by atoms with Crippen LogP contribution in [0.1, 0.15) is 21.5 Å². The van der Waals surface area contributed by atoms with Gasteiger partial charge in [-0.15, -0.1) is 0 Å². The average molecular weight is 476 g/mol. The van der Waals surface area contributed by atoms with Crippen molar-refractivity contribution >= 4 is 65.7 Å². The highest BCUT2D eigenvalue weighted by molar-refractivity contribution is 9.13. The van der Waals surface area contributed by atoms with Crippen LogP contribution in [0.2, 0.25) is 0 Å². The summed E-state index contributed by atoms with van der Waals surface area (Å²) in [6.07, 6.45) is 1.70. The molecular formula is C15H10Br3NO2. The Kier molecular flexibility index (Phi) is 5.35. The van der Waals surface area contributed by atoms with Gasteiger partial charge in [0.2, 0.25) is 0 Å². The molecule has 0 radical (unpaired) electrons. The summed E-state index contributed by atoms with van der Waals surface area (Å²) < 4.78 is 2.73. The molecule has 6 heteroatoms. The van der Waals surface area contributed by atoms with Gasteiger partial charge in [0.1, 0.15) is 0 Å². The molecule has 0 aliphatic heterocycles. The van der Waals surface area contributed by atoms with Crippen LogP contribution < -0.4 is 0 Å². The van der Waals surface area contributed by atoms with Gasteiger partial charge in [0.15, 0.2) is 0 Å². The second-order valence-electron chi connectivity index (χ2n) is 4.30. The monoisotopic (exact) mass is 473 g/mol. The van der Waals surface area contributed by atoms with Crippen LogP contribution in [0.3, 0.4) is 0 Å². The van der Waals surface area contributed by atoms with Gasteiger partial charge >= 0.3 is 5.97 Å². The largest absolute Gasteiger partial charge is 0.478 e. The molecule has 2 rings (SSSR count). The number of aromatic carboxylic acids is 1. The lowest BCUT2D eigenvalue weighted by molar-refractivity contribution is 0.0696. The van der Waals surface area contributed by atoms with Gasteiger partial charge in [0, 0.05) is 25.2 Å². The van der Waals surface area contributed by atoms with Crippen molar-refractivity contribution in [3.8, 4) is 0 Å². The maximum atomic E-state index is 11.1. The maximum Gasteiger partial charge on any atom is 0.336 e. The molecule has 0 heterocycles. The molecule has 0 aliphatic carbocycles. The average Bonchev–Trinajstić information content (AvgIpc) is 2.42. The number of benzene rings is 2. The first kappa shape index (κ1) is 16.4. The van der Waals surface area contributed by atoms with Crippen LogP contribution in [0.25, 0.3) is 0 Å². The van der Waals surface area contributed by atoms with E-state index in [1.165, 1.54) is 0 Å². The Balaban J connectivity index is 2.43. The zero-order valence-electron chi connectivity index (χ0n) is 10.9. The van der Waals surface area contributed by atoms with Crippen molar-refractivity contribution in [3.63, 3.8) is 0 Å². The highest BCUT2D eigenvalue weighted by Crippen LogP contribution is 2.30. The number of nitrogens with zero attached hydrogens (tertiary/aromatic N) is 1. The Bertz CT molecular complexity index is 742. The minimum Gasteiger partial charge on any atom is -0.478 e. The first-order chi connectivity index (χ1) is 9.90. The fourth-order valence-corrected chi connectivity index (χ4v) is 3.39. The second kappa shape index (κ2) is 6.85. The maximum absolute atomic E-state index is 11.1. The summed E-state index contributed by atoms with van der Waals surface area (Å²) in [6, 6.07) is 8.91. The van der Waals surface area contributed by atoms with E-state index in [-0.39, 0.29) is 5.56 Å². The van der Waals surface area contributed by atoms with E-state index >= 15 is 0 Å². The molecule has 0 amide bonds. The molecule has 1 N–H and O–H groups in total. The van der Waals surface area contributed by atoms with Gasteiger partial charge in [0.05, 0.1) is 11.3 Å². The van der Waals surface area contributed by atoms with Crippen LogP contribution in [0.4, 0.5) is 5.69 Å². The minimum atomic E-state index is -0.948. The third-order valence-corrected chi connectivity index (χ3v) is 5.40. The van der Waals surface area contributed by atoms with E-state index in [1.54, 1.807) is 31.3 Å². The van der Waals surface area contributed by atoms with Crippen LogP contribution in [-0.4, -0.2) is 17.3 Å². The van der Waals surface area contributed by atoms with Gasteiger partial charge in [-0.3, -0.25) is 4.99 Å². The fraction of sp³-hybridized carbons (Fsp3) is 0.0667. The minimum absolute atomic E-state index is 0.263. The number of rotatable bonds is 3. The lowest BCUT2D eigenvalue weighted by Gasteiger charge is -2.05. The third-order valence-electron chi connectivity index (χ3n) is 2.90. The summed E-state index contributed by atoms with van der Waals surface area (Å²) in [6.45, 7) is 1.75. The molecule has 0 bridgehead atoms. The molecular weight excluding hydrogens is 466 g/mol. The van der Waals surface area contributed by atoms with E-state index in [0.717, 1.165) is 19.0 Å². The first-order valence-corrected chi connectivity index (χ1v) is 8.29. The molecule has 21 heavy (non-hydrogen) atoms. The van der Waals surface area contributed by atoms with Crippen LogP contribution in [0, 0.1) is 6.92 Å². The Morgan fingerprint density at radius 3 is 2.62 bits per heavy atom. The van der Waals surface area contributed by atoms with Gasteiger partial charge in [0.25, 0.3) is 0 Å². The van der Waals surface area contributed by atoms with Gasteiger partial charge in [-0.2, -0.15) is 0 Å². The molecule has 0 spiro atoms. The van der Waals surface area contributed by atoms with Crippen LogP contribution in [0.15, 0.2) is 48.7 Å². The first-order valence-electron chi connectivity index (χ1n) is 5.91. The highest BCUT2D eigenvalue weighted by Gasteiger charge is 2.09. The van der Waals surface area contributed by atoms with Crippen LogP contribution in [-0.2, 0) is 0 Å². The standard InChI is InChI=1S/C15H10Br3NO2/c1-8-11(15(20)21)3-2-4-13(8)19-7-9-5-10(16)6-12(17)14(9)18/h2-7H,1H3,(H,20,21). The van der Waals surface area contributed by atoms with Gasteiger partial charge in [-0.25, -0.2) is 4.79 Å². The molecule has 0 saturated carbocycles. The number of halogens is 3. The fourth-order valence-electron chi connectivity index (χ4n) is 1.80. The smallest absolute Gasteiger partial charge is 0.336 e. The molecule has 108 valence electrons. The predicted octanol–water partition coefficient (Wildman–Crippen LogP) is 5.73. The van der Waals surface area contributed by atoms with Crippen molar-refractivity contribution in [3.05, 3.63) is 60.4 Å². The SMILES string of the molecule is Cc1c(N=Cc2cc(Br)cc(Br)c2Br)cccc1C(=O)O. The lowest BCUT2D eigenvalue weighted by atomic mass is 10.1. The lowest BCUT2D eigenvalue weighted by Crippen LogP contribution is -1.99. The predicted molar refractivity (Wildman–Crippen MR) is 94.9 cm³/mol. The van der Waals surface area contributed by atoms with Crippen molar-refractivity contribution in [2.24, 2.45) is 4.99 Å². The Morgan fingerprint density at radius 1 is 1.24 bits per heavy atom. The number of carboxylic acid groups (broad SMARTS) is 1. The van der Waals surface area contributed by atoms with Crippen LogP contribution >= 0.6 is 47.8 Å². The second-order valence-corrected chi connectivity index (χ2v) is 6.87. The van der Waals surface area contributed by atoms with Crippen molar-refractivity contribution in [1.82, 2.24) is 0 Å². The molecule has 0 unspecified atom stereocenters. The molecule has 0 aromatic heterocycles.